The van der Waals surface area contributed by atoms with E-state index < -0.39 is 35.8 Å². The predicted molar refractivity (Wildman–Crippen MR) is 156 cm³/mol. The second-order valence-electron chi connectivity index (χ2n) is 9.55. The van der Waals surface area contributed by atoms with Gasteiger partial charge in [0.1, 0.15) is 0 Å². The van der Waals surface area contributed by atoms with E-state index in [9.17, 15) is 0 Å². The molecule has 7 N–H and O–H groups in total. The number of benzene rings is 1. The first kappa shape index (κ1) is 37.6. The van der Waals surface area contributed by atoms with Gasteiger partial charge in [0.15, 0.2) is 0 Å². The molecule has 0 saturated carbocycles. The molecule has 1 unspecified atom stereocenters. The second-order valence-corrected chi connectivity index (χ2v) is 10.5. The van der Waals surface area contributed by atoms with Crippen LogP contribution in [0.2, 0.25) is 0 Å². The van der Waals surface area contributed by atoms with Gasteiger partial charge in [0.25, 0.3) is 0 Å². The van der Waals surface area contributed by atoms with Crippen molar-refractivity contribution in [2.45, 2.75) is 44.3 Å². The van der Waals surface area contributed by atoms with Crippen molar-refractivity contribution in [3.8, 4) is 0 Å². The number of rotatable bonds is 7. The van der Waals surface area contributed by atoms with Crippen LogP contribution in [0.15, 0.2) is 47.8 Å². The second kappa shape index (κ2) is 20.5. The van der Waals surface area contributed by atoms with Gasteiger partial charge >= 0.3 is 35.8 Å². The van der Waals surface area contributed by atoms with Crippen LogP contribution >= 0.6 is 11.3 Å². The molecule has 2 aliphatic rings. The number of piperidine rings is 1. The van der Waals surface area contributed by atoms with Crippen LogP contribution in [0.3, 0.4) is 0 Å². The van der Waals surface area contributed by atoms with Crippen LogP contribution in [0, 0.1) is 0 Å². The smallest absolute Gasteiger partial charge is 0.414 e. The largest absolute Gasteiger partial charge is 0.473 e. The predicted octanol–water partition coefficient (Wildman–Crippen LogP) is 1.61. The number of nitrogens with one attached hydrogen (secondary N) is 1. The molecule has 1 atom stereocenters. The molecular formula is C28H37N3O12S. The average molecular weight is 640 g/mol. The molecule has 1 aromatic carbocycles. The normalized spacial score (nSPS) is 15.5. The summed E-state index contributed by atoms with van der Waals surface area (Å²) in [6, 6.07) is 16.6. The molecule has 3 heterocycles. The first-order chi connectivity index (χ1) is 20.8. The lowest BCUT2D eigenvalue weighted by atomic mass is 10.0. The molecule has 0 amide bonds. The van der Waals surface area contributed by atoms with Crippen molar-refractivity contribution in [3.63, 3.8) is 0 Å². The minimum atomic E-state index is -1.82. The average Bonchev–Trinajstić information content (AvgIpc) is 3.71. The molecule has 0 spiro atoms. The van der Waals surface area contributed by atoms with Gasteiger partial charge in [-0.3, -0.25) is 9.80 Å². The molecule has 0 bridgehead atoms. The van der Waals surface area contributed by atoms with E-state index in [0.29, 0.717) is 12.1 Å². The number of likely N-dealkylation sites (tertiary alicyclic amines) is 2. The highest BCUT2D eigenvalue weighted by atomic mass is 32.1. The number of carboxylic acid groups (broad SMARTS) is 6. The van der Waals surface area contributed by atoms with Crippen LogP contribution in [0.4, 0.5) is 0 Å². The summed E-state index contributed by atoms with van der Waals surface area (Å²) in [5.41, 5.74) is 1.44. The van der Waals surface area contributed by atoms with Crippen molar-refractivity contribution in [3.05, 3.63) is 58.3 Å². The van der Waals surface area contributed by atoms with E-state index >= 15 is 0 Å². The minimum absolute atomic E-state index is 0.569. The Morgan fingerprint density at radius 2 is 1.18 bits per heavy atom. The van der Waals surface area contributed by atoms with Crippen LogP contribution in [0.5, 0.6) is 0 Å². The summed E-state index contributed by atoms with van der Waals surface area (Å²) in [4.78, 5) is 61.4. The molecule has 44 heavy (non-hydrogen) atoms. The Morgan fingerprint density at radius 1 is 0.705 bits per heavy atom. The summed E-state index contributed by atoms with van der Waals surface area (Å²) in [6.07, 6.45) is 5.26. The van der Waals surface area contributed by atoms with Crippen LogP contribution in [0.1, 0.15) is 42.2 Å². The van der Waals surface area contributed by atoms with Gasteiger partial charge in [0.05, 0.1) is 6.04 Å². The highest BCUT2D eigenvalue weighted by molar-refractivity contribution is 7.10. The third kappa shape index (κ3) is 15.7. The molecule has 1 aromatic heterocycles. The van der Waals surface area contributed by atoms with Crippen molar-refractivity contribution < 1.29 is 59.4 Å². The van der Waals surface area contributed by atoms with Gasteiger partial charge in [-0.1, -0.05) is 36.4 Å². The number of thiophene rings is 1. The summed E-state index contributed by atoms with van der Waals surface area (Å²) in [6.45, 7) is 7.14. The number of hydrogen-bond donors (Lipinski definition) is 7. The molecule has 2 aromatic rings. The van der Waals surface area contributed by atoms with E-state index in [1.54, 1.807) is 0 Å². The number of carbonyl (C=O) groups is 6. The Kier molecular flexibility index (Phi) is 17.5. The summed E-state index contributed by atoms with van der Waals surface area (Å²) in [7, 11) is 0. The van der Waals surface area contributed by atoms with Gasteiger partial charge in [0, 0.05) is 24.0 Å². The number of aliphatic carboxylic acids is 6. The lowest BCUT2D eigenvalue weighted by molar-refractivity contribution is -0.159. The Labute approximate surface area is 257 Å². The van der Waals surface area contributed by atoms with E-state index in [2.05, 4.69) is 63.0 Å². The summed E-state index contributed by atoms with van der Waals surface area (Å²) in [5, 5.41) is 50.5. The van der Waals surface area contributed by atoms with Gasteiger partial charge in [-0.05, 0) is 68.9 Å². The van der Waals surface area contributed by atoms with Crippen molar-refractivity contribution in [1.29, 1.82) is 0 Å². The van der Waals surface area contributed by atoms with Crippen LogP contribution in [0.25, 0.3) is 0 Å². The number of carboxylic acids is 6. The fourth-order valence-electron chi connectivity index (χ4n) is 4.36. The van der Waals surface area contributed by atoms with Crippen molar-refractivity contribution in [1.82, 2.24) is 15.1 Å². The van der Waals surface area contributed by atoms with Gasteiger partial charge in [-0.15, -0.1) is 11.3 Å². The maximum atomic E-state index is 9.10. The van der Waals surface area contributed by atoms with Crippen molar-refractivity contribution >= 4 is 47.2 Å². The SMILES string of the molecule is O=C(O)C(=O)O.O=C(O)C(=O)O.O=C(O)C(=O)O.c1ccc(CN2CCC(NCC(c3cccs3)N3CCCC3)CC2)cc1. The zero-order valence-corrected chi connectivity index (χ0v) is 24.6. The van der Waals surface area contributed by atoms with Crippen molar-refractivity contribution in [2.75, 3.05) is 32.7 Å². The fourth-order valence-corrected chi connectivity index (χ4v) is 5.22. The molecule has 15 nitrogen and oxygen atoms in total. The van der Waals surface area contributed by atoms with Gasteiger partial charge in [-0.25, -0.2) is 28.8 Å². The minimum Gasteiger partial charge on any atom is -0.473 e. The van der Waals surface area contributed by atoms with Crippen molar-refractivity contribution in [2.24, 2.45) is 0 Å². The standard InChI is InChI=1S/C22H31N3S.3C2H2O4/c1-2-7-19(8-3-1)18-24-14-10-20(11-15-24)23-17-21(22-9-6-16-26-22)25-12-4-5-13-25;3*3-1(4)2(5)6/h1-3,6-9,16,20-21,23H,4-5,10-15,17-18H2;3*(H,3,4)(H,5,6). The topological polar surface area (TPSA) is 242 Å². The first-order valence-corrected chi connectivity index (χ1v) is 14.4. The zero-order valence-electron chi connectivity index (χ0n) is 23.8. The summed E-state index contributed by atoms with van der Waals surface area (Å²) >= 11 is 1.92. The van der Waals surface area contributed by atoms with Gasteiger partial charge < -0.3 is 36.0 Å². The molecule has 0 aliphatic carbocycles. The monoisotopic (exact) mass is 639 g/mol. The highest BCUT2D eigenvalue weighted by Gasteiger charge is 2.26. The van der Waals surface area contributed by atoms with E-state index in [4.69, 9.17) is 59.4 Å². The van der Waals surface area contributed by atoms with Crippen LogP contribution < -0.4 is 5.32 Å². The molecule has 4 rings (SSSR count). The number of hydrogen-bond acceptors (Lipinski definition) is 10. The summed E-state index contributed by atoms with van der Waals surface area (Å²) in [5.74, 6) is -10.9. The fraction of sp³-hybridized carbons (Fsp3) is 0.429. The quantitative estimate of drug-likeness (QED) is 0.213. The third-order valence-electron chi connectivity index (χ3n) is 6.44. The summed E-state index contributed by atoms with van der Waals surface area (Å²) < 4.78 is 0. The maximum Gasteiger partial charge on any atom is 0.414 e. The molecule has 2 saturated heterocycles. The first-order valence-electron chi connectivity index (χ1n) is 13.5. The Bertz CT molecular complexity index is 1100. The lowest BCUT2D eigenvalue weighted by Gasteiger charge is -2.34. The van der Waals surface area contributed by atoms with Gasteiger partial charge in [-0.2, -0.15) is 0 Å². The Morgan fingerprint density at radius 3 is 1.59 bits per heavy atom. The Hall–Kier alpha value is -4.38. The maximum absolute atomic E-state index is 9.10. The Balaban J connectivity index is 0.000000441. The molecule has 242 valence electrons. The van der Waals surface area contributed by atoms with E-state index in [0.717, 1.165) is 13.1 Å². The van der Waals surface area contributed by atoms with E-state index in [1.165, 1.54) is 62.3 Å². The molecule has 0 radical (unpaired) electrons. The van der Waals surface area contributed by atoms with Gasteiger partial charge in [0.2, 0.25) is 0 Å². The zero-order chi connectivity index (χ0) is 33.1. The number of nitrogens with zero attached hydrogens (tertiary/aromatic N) is 2. The lowest BCUT2D eigenvalue weighted by Crippen LogP contribution is -2.45. The van der Waals surface area contributed by atoms with E-state index in [-0.39, 0.29) is 0 Å². The van der Waals surface area contributed by atoms with Crippen LogP contribution in [-0.2, 0) is 35.3 Å². The molecule has 16 heteroatoms. The highest BCUT2D eigenvalue weighted by Crippen LogP contribution is 2.28. The molecular weight excluding hydrogens is 602 g/mol. The third-order valence-corrected chi connectivity index (χ3v) is 7.41. The molecule has 2 aliphatic heterocycles. The molecule has 2 fully saturated rings. The van der Waals surface area contributed by atoms with E-state index in [1.807, 2.05) is 11.3 Å². The van der Waals surface area contributed by atoms with Crippen LogP contribution in [-0.4, -0.2) is 115 Å².